The Bertz CT molecular complexity index is 621. The molecule has 0 radical (unpaired) electrons. The van der Waals surface area contributed by atoms with E-state index in [2.05, 4.69) is 11.6 Å². The third kappa shape index (κ3) is 3.05. The van der Waals surface area contributed by atoms with Gasteiger partial charge < -0.3 is 15.0 Å². The molecular formula is C15H17FN2O2. The van der Waals surface area contributed by atoms with Crippen molar-refractivity contribution in [2.75, 3.05) is 19.7 Å². The molecule has 4 nitrogen and oxygen atoms in total. The highest BCUT2D eigenvalue weighted by molar-refractivity contribution is 5.89. The molecule has 20 heavy (non-hydrogen) atoms. The van der Waals surface area contributed by atoms with Crippen LogP contribution in [0, 0.1) is 5.82 Å². The summed E-state index contributed by atoms with van der Waals surface area (Å²) in [5.41, 5.74) is 1.54. The molecule has 106 valence electrons. The van der Waals surface area contributed by atoms with Crippen molar-refractivity contribution in [2.24, 2.45) is 0 Å². The summed E-state index contributed by atoms with van der Waals surface area (Å²) < 4.78 is 13.3. The Balaban J connectivity index is 2.20. The van der Waals surface area contributed by atoms with E-state index in [9.17, 15) is 9.18 Å². The first-order chi connectivity index (χ1) is 9.65. The minimum atomic E-state index is -0.330. The Morgan fingerprint density at radius 1 is 1.50 bits per heavy atom. The Morgan fingerprint density at radius 2 is 2.30 bits per heavy atom. The normalized spacial score (nSPS) is 10.7. The number of carbonyl (C=O) groups excluding carboxylic acids is 1. The summed E-state index contributed by atoms with van der Waals surface area (Å²) >= 11 is 0. The lowest BCUT2D eigenvalue weighted by molar-refractivity contribution is -0.130. The summed E-state index contributed by atoms with van der Waals surface area (Å²) in [6.07, 6.45) is 3.49. The third-order valence-corrected chi connectivity index (χ3v) is 3.14. The molecule has 5 heteroatoms. The van der Waals surface area contributed by atoms with Gasteiger partial charge in [-0.2, -0.15) is 0 Å². The second-order valence-corrected chi connectivity index (χ2v) is 4.53. The molecule has 0 aliphatic carbocycles. The standard InChI is InChI=1S/C15H17FN2O2/c1-2-5-18(6-7-19)15(20)8-11-10-17-14-4-3-12(16)9-13(11)14/h2-4,9-10,17,19H,1,5-8H2. The number of hydrogen-bond acceptors (Lipinski definition) is 2. The van der Waals surface area contributed by atoms with Crippen molar-refractivity contribution >= 4 is 16.8 Å². The van der Waals surface area contributed by atoms with Crippen molar-refractivity contribution in [3.63, 3.8) is 0 Å². The van der Waals surface area contributed by atoms with E-state index in [0.29, 0.717) is 11.9 Å². The Morgan fingerprint density at radius 3 is 3.00 bits per heavy atom. The van der Waals surface area contributed by atoms with Gasteiger partial charge in [0.1, 0.15) is 5.82 Å². The van der Waals surface area contributed by atoms with Gasteiger partial charge in [-0.3, -0.25) is 4.79 Å². The molecule has 0 spiro atoms. The van der Waals surface area contributed by atoms with Gasteiger partial charge in [0.2, 0.25) is 5.91 Å². The monoisotopic (exact) mass is 276 g/mol. The molecule has 0 atom stereocenters. The average molecular weight is 276 g/mol. The van der Waals surface area contributed by atoms with Crippen molar-refractivity contribution in [3.8, 4) is 0 Å². The van der Waals surface area contributed by atoms with Gasteiger partial charge in [0.25, 0.3) is 0 Å². The number of nitrogens with zero attached hydrogens (tertiary/aromatic N) is 1. The zero-order chi connectivity index (χ0) is 14.5. The van der Waals surface area contributed by atoms with Gasteiger partial charge in [0.15, 0.2) is 0 Å². The molecule has 0 aliphatic rings. The largest absolute Gasteiger partial charge is 0.395 e. The molecule has 2 N–H and O–H groups in total. The number of carbonyl (C=O) groups is 1. The first-order valence-electron chi connectivity index (χ1n) is 6.40. The van der Waals surface area contributed by atoms with Crippen LogP contribution in [0.25, 0.3) is 10.9 Å². The Labute approximate surface area is 116 Å². The first kappa shape index (κ1) is 14.3. The van der Waals surface area contributed by atoms with E-state index >= 15 is 0 Å². The Kier molecular flexibility index (Phi) is 4.53. The van der Waals surface area contributed by atoms with Crippen LogP contribution in [-0.4, -0.2) is 40.6 Å². The summed E-state index contributed by atoms with van der Waals surface area (Å²) in [4.78, 5) is 16.7. The van der Waals surface area contributed by atoms with Crippen molar-refractivity contribution < 1.29 is 14.3 Å². The fourth-order valence-electron chi connectivity index (χ4n) is 2.17. The number of rotatable bonds is 6. The summed E-state index contributed by atoms with van der Waals surface area (Å²) in [5.74, 6) is -0.451. The predicted octanol–water partition coefficient (Wildman–Crippen LogP) is 1.86. The zero-order valence-corrected chi connectivity index (χ0v) is 11.1. The van der Waals surface area contributed by atoms with Crippen molar-refractivity contribution in [2.45, 2.75) is 6.42 Å². The molecule has 0 saturated carbocycles. The van der Waals surface area contributed by atoms with Gasteiger partial charge in [0.05, 0.1) is 13.0 Å². The molecule has 1 aromatic carbocycles. The Hall–Kier alpha value is -2.14. The number of aromatic nitrogens is 1. The van der Waals surface area contributed by atoms with Crippen LogP contribution in [-0.2, 0) is 11.2 Å². The quantitative estimate of drug-likeness (QED) is 0.791. The van der Waals surface area contributed by atoms with E-state index < -0.39 is 0 Å². The molecule has 0 saturated heterocycles. The number of nitrogens with one attached hydrogen (secondary N) is 1. The highest BCUT2D eigenvalue weighted by atomic mass is 19.1. The number of aliphatic hydroxyl groups excluding tert-OH is 1. The molecule has 2 rings (SSSR count). The van der Waals surface area contributed by atoms with E-state index in [4.69, 9.17) is 5.11 Å². The van der Waals surface area contributed by atoms with Crippen molar-refractivity contribution in [1.29, 1.82) is 0 Å². The summed E-state index contributed by atoms with van der Waals surface area (Å²) in [6.45, 7) is 4.15. The van der Waals surface area contributed by atoms with Gasteiger partial charge in [-0.25, -0.2) is 4.39 Å². The lowest BCUT2D eigenvalue weighted by atomic mass is 10.1. The van der Waals surface area contributed by atoms with E-state index in [-0.39, 0.29) is 31.3 Å². The summed E-state index contributed by atoms with van der Waals surface area (Å²) in [7, 11) is 0. The van der Waals surface area contributed by atoms with E-state index in [0.717, 1.165) is 11.1 Å². The number of fused-ring (bicyclic) bond motifs is 1. The van der Waals surface area contributed by atoms with Crippen LogP contribution in [0.4, 0.5) is 4.39 Å². The zero-order valence-electron chi connectivity index (χ0n) is 11.1. The van der Waals surface area contributed by atoms with Crippen LogP contribution in [0.1, 0.15) is 5.56 Å². The fraction of sp³-hybridized carbons (Fsp3) is 0.267. The number of hydrogen-bond donors (Lipinski definition) is 2. The van der Waals surface area contributed by atoms with Gasteiger partial charge in [-0.15, -0.1) is 6.58 Å². The van der Waals surface area contributed by atoms with Crippen molar-refractivity contribution in [1.82, 2.24) is 9.88 Å². The van der Waals surface area contributed by atoms with Crippen LogP contribution in [0.5, 0.6) is 0 Å². The van der Waals surface area contributed by atoms with Crippen LogP contribution in [0.15, 0.2) is 37.1 Å². The molecule has 1 heterocycles. The van der Waals surface area contributed by atoms with E-state index in [1.165, 1.54) is 17.0 Å². The maximum atomic E-state index is 13.3. The second kappa shape index (κ2) is 6.34. The number of halogens is 1. The minimum absolute atomic E-state index is 0.0951. The molecule has 1 aromatic heterocycles. The summed E-state index contributed by atoms with van der Waals surface area (Å²) in [6, 6.07) is 4.44. The molecule has 0 aliphatic heterocycles. The topological polar surface area (TPSA) is 56.3 Å². The van der Waals surface area contributed by atoms with Crippen LogP contribution in [0.3, 0.4) is 0 Å². The highest BCUT2D eigenvalue weighted by Gasteiger charge is 2.15. The van der Waals surface area contributed by atoms with Crippen LogP contribution >= 0.6 is 0 Å². The maximum Gasteiger partial charge on any atom is 0.227 e. The molecule has 0 bridgehead atoms. The molecule has 0 fully saturated rings. The number of amides is 1. The number of H-pyrrole nitrogens is 1. The number of aliphatic hydroxyl groups is 1. The third-order valence-electron chi connectivity index (χ3n) is 3.14. The lowest BCUT2D eigenvalue weighted by Gasteiger charge is -2.19. The molecular weight excluding hydrogens is 259 g/mol. The van der Waals surface area contributed by atoms with E-state index in [1.807, 2.05) is 0 Å². The molecule has 2 aromatic rings. The number of aromatic amines is 1. The molecule has 0 unspecified atom stereocenters. The maximum absolute atomic E-state index is 13.3. The number of benzene rings is 1. The fourth-order valence-corrected chi connectivity index (χ4v) is 2.17. The average Bonchev–Trinajstić information content (AvgIpc) is 2.81. The van der Waals surface area contributed by atoms with E-state index in [1.54, 1.807) is 18.3 Å². The smallest absolute Gasteiger partial charge is 0.227 e. The first-order valence-corrected chi connectivity index (χ1v) is 6.40. The van der Waals surface area contributed by atoms with Gasteiger partial charge in [-0.05, 0) is 23.8 Å². The van der Waals surface area contributed by atoms with Crippen molar-refractivity contribution in [3.05, 3.63) is 48.4 Å². The highest BCUT2D eigenvalue weighted by Crippen LogP contribution is 2.20. The van der Waals surface area contributed by atoms with Gasteiger partial charge in [-0.1, -0.05) is 6.08 Å². The van der Waals surface area contributed by atoms with Crippen LogP contribution < -0.4 is 0 Å². The summed E-state index contributed by atoms with van der Waals surface area (Å²) in [5, 5.41) is 9.67. The second-order valence-electron chi connectivity index (χ2n) is 4.53. The lowest BCUT2D eigenvalue weighted by Crippen LogP contribution is -2.34. The van der Waals surface area contributed by atoms with Gasteiger partial charge >= 0.3 is 0 Å². The predicted molar refractivity (Wildman–Crippen MR) is 75.8 cm³/mol. The SMILES string of the molecule is C=CCN(CCO)C(=O)Cc1c[nH]c2ccc(F)cc12. The molecule has 1 amide bonds. The minimum Gasteiger partial charge on any atom is -0.395 e. The van der Waals surface area contributed by atoms with Gasteiger partial charge in [0, 0.05) is 30.2 Å². The van der Waals surface area contributed by atoms with Crippen LogP contribution in [0.2, 0.25) is 0 Å².